The summed E-state index contributed by atoms with van der Waals surface area (Å²) in [6.07, 6.45) is 11.7. The lowest BCUT2D eigenvalue weighted by atomic mass is 9.76. The molecule has 0 bridgehead atoms. The molecule has 4 heteroatoms. The first kappa shape index (κ1) is 35.7. The van der Waals surface area contributed by atoms with Gasteiger partial charge in [-0.05, 0) is 85.6 Å². The van der Waals surface area contributed by atoms with Crippen LogP contribution >= 0.6 is 0 Å². The highest BCUT2D eigenvalue weighted by Crippen LogP contribution is 2.43. The summed E-state index contributed by atoms with van der Waals surface area (Å²) in [6, 6.07) is 53.0. The fourth-order valence-corrected chi connectivity index (χ4v) is 8.01. The van der Waals surface area contributed by atoms with Crippen LogP contribution in [0.15, 0.2) is 170 Å². The van der Waals surface area contributed by atoms with Crippen LogP contribution < -0.4 is 0 Å². The summed E-state index contributed by atoms with van der Waals surface area (Å²) in [5.41, 5.74) is 14.9. The van der Waals surface area contributed by atoms with Gasteiger partial charge in [0.15, 0.2) is 11.6 Å². The van der Waals surface area contributed by atoms with E-state index >= 15 is 0 Å². The zero-order valence-corrected chi connectivity index (χ0v) is 32.1. The maximum absolute atomic E-state index is 5.18. The van der Waals surface area contributed by atoms with Crippen molar-refractivity contribution in [1.29, 1.82) is 0 Å². The van der Waals surface area contributed by atoms with E-state index in [9.17, 15) is 0 Å². The maximum atomic E-state index is 5.18. The van der Waals surface area contributed by atoms with E-state index in [4.69, 9.17) is 19.9 Å². The first-order valence-electron chi connectivity index (χ1n) is 19.9. The molecule has 2 aliphatic rings. The molecule has 0 radical (unpaired) electrons. The lowest BCUT2D eigenvalue weighted by Crippen LogP contribution is -2.10. The quantitative estimate of drug-likeness (QED) is 0.146. The van der Waals surface area contributed by atoms with Gasteiger partial charge >= 0.3 is 0 Å². The smallest absolute Gasteiger partial charge is 0.160 e. The molecule has 2 aromatic heterocycles. The second-order valence-corrected chi connectivity index (χ2v) is 14.6. The van der Waals surface area contributed by atoms with Crippen LogP contribution in [-0.2, 0) is 0 Å². The summed E-state index contributed by atoms with van der Waals surface area (Å²) in [4.78, 5) is 20.4. The highest BCUT2D eigenvalue weighted by molar-refractivity contribution is 5.95. The second-order valence-electron chi connectivity index (χ2n) is 14.6. The van der Waals surface area contributed by atoms with Crippen LogP contribution in [0.1, 0.15) is 56.0 Å². The van der Waals surface area contributed by atoms with Crippen LogP contribution in [-0.4, -0.2) is 19.9 Å². The van der Waals surface area contributed by atoms with Crippen LogP contribution in [0.25, 0.3) is 73.1 Å². The van der Waals surface area contributed by atoms with Crippen molar-refractivity contribution < 1.29 is 0 Å². The zero-order chi connectivity index (χ0) is 38.4. The van der Waals surface area contributed by atoms with Gasteiger partial charge in [-0.1, -0.05) is 152 Å². The molecule has 1 unspecified atom stereocenters. The molecule has 0 aliphatic heterocycles. The number of allylic oxidation sites excluding steroid dienone is 6. The molecule has 7 aromatic rings. The molecule has 0 spiro atoms. The summed E-state index contributed by atoms with van der Waals surface area (Å²) in [7, 11) is 0. The minimum absolute atomic E-state index is 0.114. The monoisotopic (exact) mass is 734 g/mol. The molecule has 4 nitrogen and oxygen atoms in total. The largest absolute Gasteiger partial charge is 0.228 e. The molecule has 0 N–H and O–H groups in total. The summed E-state index contributed by atoms with van der Waals surface area (Å²) in [5.74, 6) is 8.46. The van der Waals surface area contributed by atoms with Crippen LogP contribution in [0.4, 0.5) is 0 Å². The van der Waals surface area contributed by atoms with Gasteiger partial charge in [0.25, 0.3) is 0 Å². The Morgan fingerprint density at radius 2 is 1.00 bits per heavy atom. The summed E-state index contributed by atoms with van der Waals surface area (Å²) in [6.45, 7) is 1.95. The Morgan fingerprint density at radius 1 is 0.491 bits per heavy atom. The third-order valence-electron chi connectivity index (χ3n) is 10.8. The molecular formula is C53H42N4. The van der Waals surface area contributed by atoms with E-state index in [0.29, 0.717) is 5.82 Å². The summed E-state index contributed by atoms with van der Waals surface area (Å²) < 4.78 is 0. The molecule has 2 aliphatic carbocycles. The number of benzene rings is 5. The van der Waals surface area contributed by atoms with Crippen molar-refractivity contribution >= 4 is 16.7 Å². The Bertz CT molecular complexity index is 2660. The fourth-order valence-electron chi connectivity index (χ4n) is 8.01. The van der Waals surface area contributed by atoms with E-state index in [0.717, 1.165) is 94.1 Å². The van der Waals surface area contributed by atoms with Gasteiger partial charge in [-0.15, -0.1) is 5.92 Å². The van der Waals surface area contributed by atoms with Crippen molar-refractivity contribution in [2.75, 3.05) is 0 Å². The molecule has 0 amide bonds. The van der Waals surface area contributed by atoms with Gasteiger partial charge in [-0.2, -0.15) is 0 Å². The Labute approximate surface area is 335 Å². The van der Waals surface area contributed by atoms with Gasteiger partial charge in [0.05, 0.1) is 22.8 Å². The molecule has 274 valence electrons. The Kier molecular flexibility index (Phi) is 10.3. The molecule has 5 aromatic carbocycles. The van der Waals surface area contributed by atoms with Gasteiger partial charge in [0.2, 0.25) is 0 Å². The number of rotatable bonds is 8. The fraction of sp³-hybridized carbons (Fsp3) is 0.132. The van der Waals surface area contributed by atoms with Gasteiger partial charge in [0, 0.05) is 39.3 Å². The van der Waals surface area contributed by atoms with Crippen molar-refractivity contribution in [1.82, 2.24) is 19.9 Å². The Morgan fingerprint density at radius 3 is 1.58 bits per heavy atom. The van der Waals surface area contributed by atoms with E-state index in [1.54, 1.807) is 0 Å². The lowest BCUT2D eigenvalue weighted by molar-refractivity contribution is 0.670. The van der Waals surface area contributed by atoms with E-state index < -0.39 is 0 Å². The van der Waals surface area contributed by atoms with Crippen molar-refractivity contribution in [2.24, 2.45) is 5.92 Å². The highest BCUT2D eigenvalue weighted by atomic mass is 14.9. The average Bonchev–Trinajstić information content (AvgIpc) is 3.30. The molecule has 0 fully saturated rings. The number of hydrogen-bond donors (Lipinski definition) is 0. The summed E-state index contributed by atoms with van der Waals surface area (Å²) >= 11 is 0. The minimum atomic E-state index is 0.114. The molecule has 0 saturated carbocycles. The van der Waals surface area contributed by atoms with Gasteiger partial charge in [0.1, 0.15) is 0 Å². The second kappa shape index (κ2) is 16.4. The molecule has 57 heavy (non-hydrogen) atoms. The Balaban J connectivity index is 1.17. The van der Waals surface area contributed by atoms with Gasteiger partial charge in [-0.3, -0.25) is 0 Å². The van der Waals surface area contributed by atoms with Crippen LogP contribution in [0.2, 0.25) is 0 Å². The maximum Gasteiger partial charge on any atom is 0.160 e. The third kappa shape index (κ3) is 7.79. The minimum Gasteiger partial charge on any atom is -0.228 e. The van der Waals surface area contributed by atoms with Crippen molar-refractivity contribution in [2.45, 2.75) is 39.0 Å². The average molecular weight is 735 g/mol. The van der Waals surface area contributed by atoms with Crippen LogP contribution in [0.3, 0.4) is 0 Å². The van der Waals surface area contributed by atoms with Crippen LogP contribution in [0, 0.1) is 17.8 Å². The normalized spacial score (nSPS) is 15.1. The van der Waals surface area contributed by atoms with Crippen LogP contribution in [0.5, 0.6) is 0 Å². The standard InChI is InChI=1S/C53H42N4/c1-2-18-39-27-17-32-46(42-28-15-29-43(33-42)49-35-47(37-19-7-3-8-20-37)54-52(56-49)40-23-11-5-12-24-40)51(39)45-31-16-30-44(34-45)50-36-48(38-21-9-4-10-22-38)55-53(57-50)41-25-13-6-14-26-41/h3-4,6-11,13-16,19-26,28-31,33-36,39H,5,12,17,27,32H2,1H3. The first-order chi connectivity index (χ1) is 28.2. The predicted octanol–water partition coefficient (Wildman–Crippen LogP) is 13.1. The van der Waals surface area contributed by atoms with Crippen molar-refractivity contribution in [3.05, 3.63) is 187 Å². The summed E-state index contributed by atoms with van der Waals surface area (Å²) in [5, 5.41) is 0. The predicted molar refractivity (Wildman–Crippen MR) is 235 cm³/mol. The number of nitrogens with zero attached hydrogens (tertiary/aromatic N) is 4. The van der Waals surface area contributed by atoms with E-state index in [1.165, 1.54) is 22.3 Å². The SMILES string of the molecule is CC#CC1CCCC(c2cccc(-c3cc(-c4ccccc4)nc(C4=CCCC=C4)n3)c2)=C1c1cccc(-c2cc(-c3ccccc3)nc(-c3ccccc3)n2)c1. The van der Waals surface area contributed by atoms with Crippen molar-refractivity contribution in [3.63, 3.8) is 0 Å². The Hall–Kier alpha value is -6.96. The van der Waals surface area contributed by atoms with Crippen molar-refractivity contribution in [3.8, 4) is 68.3 Å². The van der Waals surface area contributed by atoms with Gasteiger partial charge in [-0.25, -0.2) is 19.9 Å². The number of aromatic nitrogens is 4. The molecule has 0 saturated heterocycles. The van der Waals surface area contributed by atoms with E-state index in [-0.39, 0.29) is 5.92 Å². The third-order valence-corrected chi connectivity index (χ3v) is 10.8. The lowest BCUT2D eigenvalue weighted by Gasteiger charge is -2.27. The van der Waals surface area contributed by atoms with E-state index in [2.05, 4.69) is 151 Å². The molecule has 2 heterocycles. The molecular weight excluding hydrogens is 693 g/mol. The molecule has 1 atom stereocenters. The molecule has 9 rings (SSSR count). The zero-order valence-electron chi connectivity index (χ0n) is 32.1. The van der Waals surface area contributed by atoms with Gasteiger partial charge < -0.3 is 0 Å². The highest BCUT2D eigenvalue weighted by Gasteiger charge is 2.25. The topological polar surface area (TPSA) is 51.6 Å². The number of hydrogen-bond acceptors (Lipinski definition) is 4. The van der Waals surface area contributed by atoms with E-state index in [1.807, 2.05) is 37.3 Å². The first-order valence-corrected chi connectivity index (χ1v) is 19.9.